The van der Waals surface area contributed by atoms with E-state index in [-0.39, 0.29) is 11.9 Å². The van der Waals surface area contributed by atoms with Gasteiger partial charge < -0.3 is 20.4 Å². The highest BCUT2D eigenvalue weighted by Crippen LogP contribution is 2.32. The number of hydrogen-bond donors (Lipinski definition) is 3. The van der Waals surface area contributed by atoms with Crippen LogP contribution < -0.4 is 10.6 Å². The Labute approximate surface area is 168 Å². The Morgan fingerprint density at radius 1 is 1.26 bits per heavy atom. The summed E-state index contributed by atoms with van der Waals surface area (Å²) in [5, 5.41) is 10.4. The van der Waals surface area contributed by atoms with Crippen molar-refractivity contribution in [3.63, 3.8) is 0 Å². The molecule has 0 radical (unpaired) electrons. The van der Waals surface area contributed by atoms with Gasteiger partial charge in [0.2, 0.25) is 0 Å². The lowest BCUT2D eigenvalue weighted by molar-refractivity contribution is -0.140. The second-order valence-electron chi connectivity index (χ2n) is 6.17. The molecule has 1 atom stereocenters. The fraction of sp³-hybridized carbons (Fsp3) is 0.300. The first-order valence-corrected chi connectivity index (χ1v) is 10.2. The number of aromatic amines is 1. The third kappa shape index (κ3) is 5.08. The van der Waals surface area contributed by atoms with Gasteiger partial charge in [-0.2, -0.15) is 0 Å². The highest BCUT2D eigenvalue weighted by Gasteiger charge is 2.19. The summed E-state index contributed by atoms with van der Waals surface area (Å²) in [6, 6.07) is 12.6. The predicted molar refractivity (Wildman–Crippen MR) is 114 cm³/mol. The van der Waals surface area contributed by atoms with Crippen molar-refractivity contribution in [2.45, 2.75) is 18.8 Å². The standard InChI is InChI=1S/C20H23N3O2S2/c1-25-19(24)9-4-10-21-20(26)23-13-16(18-8-5-11-27-18)15-12-22-17-7-3-2-6-14(15)17/h2-3,5-8,11-12,16,22H,4,9-10,13H2,1H3,(H2,21,23,26)/t16-/m0/s1. The maximum absolute atomic E-state index is 11.1. The Kier molecular flexibility index (Phi) is 6.84. The van der Waals surface area contributed by atoms with E-state index < -0.39 is 0 Å². The van der Waals surface area contributed by atoms with Crippen LogP contribution in [0, 0.1) is 0 Å². The van der Waals surface area contributed by atoms with Crippen molar-refractivity contribution in [3.05, 3.63) is 58.4 Å². The number of thiophene rings is 1. The van der Waals surface area contributed by atoms with Crippen LogP contribution in [-0.2, 0) is 9.53 Å². The minimum atomic E-state index is -0.201. The number of rotatable bonds is 8. The summed E-state index contributed by atoms with van der Waals surface area (Å²) in [6.07, 6.45) is 3.16. The summed E-state index contributed by atoms with van der Waals surface area (Å²) in [5.41, 5.74) is 2.40. The molecule has 3 N–H and O–H groups in total. The zero-order chi connectivity index (χ0) is 19.1. The van der Waals surface area contributed by atoms with Crippen molar-refractivity contribution in [2.24, 2.45) is 0 Å². The first kappa shape index (κ1) is 19.4. The van der Waals surface area contributed by atoms with E-state index in [1.807, 2.05) is 6.07 Å². The maximum atomic E-state index is 11.1. The maximum Gasteiger partial charge on any atom is 0.305 e. The molecular formula is C20H23N3O2S2. The van der Waals surface area contributed by atoms with Crippen LogP contribution in [0.3, 0.4) is 0 Å². The quantitative estimate of drug-likeness (QED) is 0.305. The van der Waals surface area contributed by atoms with Gasteiger partial charge in [0.1, 0.15) is 0 Å². The lowest BCUT2D eigenvalue weighted by Gasteiger charge is -2.18. The largest absolute Gasteiger partial charge is 0.469 e. The van der Waals surface area contributed by atoms with Crippen molar-refractivity contribution < 1.29 is 9.53 Å². The van der Waals surface area contributed by atoms with Gasteiger partial charge in [-0.15, -0.1) is 11.3 Å². The Hall–Kier alpha value is -2.38. The molecule has 3 rings (SSSR count). The molecule has 142 valence electrons. The van der Waals surface area contributed by atoms with Crippen LogP contribution in [0.5, 0.6) is 0 Å². The van der Waals surface area contributed by atoms with Crippen molar-refractivity contribution >= 4 is 45.5 Å². The van der Waals surface area contributed by atoms with Gasteiger partial charge >= 0.3 is 5.97 Å². The molecular weight excluding hydrogens is 378 g/mol. The van der Waals surface area contributed by atoms with Crippen molar-refractivity contribution in [1.82, 2.24) is 15.6 Å². The molecule has 7 heteroatoms. The summed E-state index contributed by atoms with van der Waals surface area (Å²) >= 11 is 7.14. The minimum Gasteiger partial charge on any atom is -0.469 e. The highest BCUT2D eigenvalue weighted by molar-refractivity contribution is 7.80. The molecule has 0 amide bonds. The van der Waals surface area contributed by atoms with Crippen molar-refractivity contribution in [1.29, 1.82) is 0 Å². The molecule has 3 aromatic rings. The number of methoxy groups -OCH3 is 1. The van der Waals surface area contributed by atoms with E-state index in [9.17, 15) is 4.79 Å². The zero-order valence-corrected chi connectivity index (χ0v) is 16.8. The molecule has 27 heavy (non-hydrogen) atoms. The number of aromatic nitrogens is 1. The average molecular weight is 402 g/mol. The summed E-state index contributed by atoms with van der Waals surface area (Å²) in [7, 11) is 1.40. The lowest BCUT2D eigenvalue weighted by Crippen LogP contribution is -2.38. The van der Waals surface area contributed by atoms with E-state index in [0.717, 1.165) is 5.52 Å². The van der Waals surface area contributed by atoms with E-state index in [2.05, 4.69) is 62.3 Å². The molecule has 0 saturated carbocycles. The molecule has 0 aliphatic carbocycles. The fourth-order valence-electron chi connectivity index (χ4n) is 3.03. The van der Waals surface area contributed by atoms with E-state index in [1.165, 1.54) is 22.9 Å². The topological polar surface area (TPSA) is 66.2 Å². The lowest BCUT2D eigenvalue weighted by atomic mass is 9.97. The number of H-pyrrole nitrogens is 1. The van der Waals surface area contributed by atoms with Gasteiger partial charge in [0, 0.05) is 47.4 Å². The van der Waals surface area contributed by atoms with E-state index >= 15 is 0 Å². The molecule has 0 saturated heterocycles. The molecule has 5 nitrogen and oxygen atoms in total. The molecule has 2 aromatic heterocycles. The number of fused-ring (bicyclic) bond motifs is 1. The van der Waals surface area contributed by atoms with Crippen LogP contribution in [0.15, 0.2) is 48.0 Å². The summed E-state index contributed by atoms with van der Waals surface area (Å²) in [6.45, 7) is 1.34. The number of thiocarbonyl (C=S) groups is 1. The number of para-hydroxylation sites is 1. The molecule has 0 bridgehead atoms. The smallest absolute Gasteiger partial charge is 0.305 e. The van der Waals surface area contributed by atoms with Crippen molar-refractivity contribution in [3.8, 4) is 0 Å². The van der Waals surface area contributed by atoms with Gasteiger partial charge in [-0.3, -0.25) is 4.79 Å². The second-order valence-corrected chi connectivity index (χ2v) is 7.56. The molecule has 0 spiro atoms. The van der Waals surface area contributed by atoms with E-state index in [1.54, 1.807) is 11.3 Å². The Morgan fingerprint density at radius 2 is 2.11 bits per heavy atom. The third-order valence-corrected chi connectivity index (χ3v) is 5.70. The fourth-order valence-corrected chi connectivity index (χ4v) is 4.06. The number of carbonyl (C=O) groups is 1. The molecule has 2 heterocycles. The first-order chi connectivity index (χ1) is 13.2. The van der Waals surface area contributed by atoms with Crippen LogP contribution in [-0.4, -0.2) is 36.3 Å². The molecule has 0 fully saturated rings. The number of ether oxygens (including phenoxy) is 1. The van der Waals surface area contributed by atoms with Gasteiger partial charge in [0.05, 0.1) is 7.11 Å². The summed E-state index contributed by atoms with van der Waals surface area (Å²) < 4.78 is 4.64. The van der Waals surface area contributed by atoms with Gasteiger partial charge in [-0.25, -0.2) is 0 Å². The number of hydrogen-bond acceptors (Lipinski definition) is 4. The van der Waals surface area contributed by atoms with Crippen LogP contribution in [0.25, 0.3) is 10.9 Å². The third-order valence-electron chi connectivity index (χ3n) is 4.42. The van der Waals surface area contributed by atoms with Gasteiger partial charge in [0.15, 0.2) is 5.11 Å². The molecule has 0 aliphatic heterocycles. The number of esters is 1. The second kappa shape index (κ2) is 9.53. The van der Waals surface area contributed by atoms with Gasteiger partial charge in [-0.05, 0) is 41.7 Å². The predicted octanol–water partition coefficient (Wildman–Crippen LogP) is 3.78. The first-order valence-electron chi connectivity index (χ1n) is 8.87. The molecule has 0 aliphatic rings. The Bertz CT molecular complexity index is 890. The van der Waals surface area contributed by atoms with E-state index in [4.69, 9.17) is 12.2 Å². The van der Waals surface area contributed by atoms with Crippen LogP contribution in [0.2, 0.25) is 0 Å². The zero-order valence-electron chi connectivity index (χ0n) is 15.2. The normalized spacial score (nSPS) is 11.9. The molecule has 1 aromatic carbocycles. The average Bonchev–Trinajstić information content (AvgIpc) is 3.36. The Balaban J connectivity index is 1.62. The van der Waals surface area contributed by atoms with Crippen LogP contribution in [0.1, 0.15) is 29.2 Å². The summed E-state index contributed by atoms with van der Waals surface area (Å²) in [4.78, 5) is 15.8. The number of benzene rings is 1. The molecule has 0 unspecified atom stereocenters. The summed E-state index contributed by atoms with van der Waals surface area (Å²) in [5.74, 6) is 0.00346. The van der Waals surface area contributed by atoms with E-state index in [0.29, 0.717) is 31.0 Å². The number of nitrogens with one attached hydrogen (secondary N) is 3. The Morgan fingerprint density at radius 3 is 2.89 bits per heavy atom. The monoisotopic (exact) mass is 401 g/mol. The van der Waals surface area contributed by atoms with Crippen LogP contribution in [0.4, 0.5) is 0 Å². The highest BCUT2D eigenvalue weighted by atomic mass is 32.1. The van der Waals surface area contributed by atoms with Crippen molar-refractivity contribution in [2.75, 3.05) is 20.2 Å². The minimum absolute atomic E-state index is 0.201. The number of carbonyl (C=O) groups excluding carboxylic acids is 1. The van der Waals surface area contributed by atoms with Gasteiger partial charge in [-0.1, -0.05) is 24.3 Å². The van der Waals surface area contributed by atoms with Gasteiger partial charge in [0.25, 0.3) is 0 Å². The SMILES string of the molecule is COC(=O)CCCNC(=S)NC[C@H](c1cccs1)c1c[nH]c2ccccc12. The van der Waals surface area contributed by atoms with Crippen LogP contribution >= 0.6 is 23.6 Å².